The van der Waals surface area contributed by atoms with Gasteiger partial charge in [-0.3, -0.25) is 9.20 Å². The van der Waals surface area contributed by atoms with Gasteiger partial charge in [-0.25, -0.2) is 13.4 Å². The molecule has 134 valence electrons. The molecule has 2 saturated heterocycles. The zero-order valence-corrected chi connectivity index (χ0v) is 14.8. The van der Waals surface area contributed by atoms with Crippen molar-refractivity contribution in [2.75, 3.05) is 42.6 Å². The number of aromatic nitrogens is 4. The van der Waals surface area contributed by atoms with Gasteiger partial charge in [0.2, 0.25) is 11.6 Å². The van der Waals surface area contributed by atoms with Crippen LogP contribution in [0.5, 0.6) is 0 Å². The van der Waals surface area contributed by atoms with Crippen LogP contribution in [0.15, 0.2) is 12.4 Å². The number of amides is 1. The first-order valence-electron chi connectivity index (χ1n) is 8.35. The lowest BCUT2D eigenvalue weighted by Crippen LogP contribution is -2.50. The summed E-state index contributed by atoms with van der Waals surface area (Å²) in [6.45, 7) is 4.29. The Morgan fingerprint density at radius 1 is 1.20 bits per heavy atom. The number of hydrogen-bond donors (Lipinski definition) is 0. The maximum atomic E-state index is 12.5. The van der Waals surface area contributed by atoms with Crippen molar-refractivity contribution in [1.82, 2.24) is 24.5 Å². The van der Waals surface area contributed by atoms with Crippen LogP contribution >= 0.6 is 0 Å². The second-order valence-electron chi connectivity index (χ2n) is 6.60. The van der Waals surface area contributed by atoms with E-state index >= 15 is 0 Å². The van der Waals surface area contributed by atoms with Gasteiger partial charge in [0.1, 0.15) is 5.82 Å². The lowest BCUT2D eigenvalue weighted by Gasteiger charge is -2.36. The summed E-state index contributed by atoms with van der Waals surface area (Å²) in [5.41, 5.74) is 0.710. The van der Waals surface area contributed by atoms with E-state index in [-0.39, 0.29) is 23.3 Å². The Labute approximate surface area is 145 Å². The van der Waals surface area contributed by atoms with E-state index in [0.29, 0.717) is 38.2 Å². The molecule has 2 aliphatic heterocycles. The summed E-state index contributed by atoms with van der Waals surface area (Å²) in [5.74, 6) is 1.27. The number of fused-ring (bicyclic) bond motifs is 1. The summed E-state index contributed by atoms with van der Waals surface area (Å²) < 4.78 is 25.1. The second-order valence-corrected chi connectivity index (χ2v) is 8.83. The van der Waals surface area contributed by atoms with Crippen molar-refractivity contribution < 1.29 is 13.2 Å². The van der Waals surface area contributed by atoms with Crippen molar-refractivity contribution in [2.45, 2.75) is 13.3 Å². The average Bonchev–Trinajstić information content (AvgIpc) is 3.17. The summed E-state index contributed by atoms with van der Waals surface area (Å²) in [6, 6.07) is 0. The van der Waals surface area contributed by atoms with Gasteiger partial charge in [0.05, 0.1) is 17.4 Å². The fraction of sp³-hybridized carbons (Fsp3) is 0.600. The molecule has 10 heteroatoms. The van der Waals surface area contributed by atoms with Crippen molar-refractivity contribution >= 4 is 27.2 Å². The van der Waals surface area contributed by atoms with Crippen LogP contribution < -0.4 is 4.90 Å². The molecule has 2 aromatic heterocycles. The van der Waals surface area contributed by atoms with Crippen LogP contribution in [-0.2, 0) is 14.6 Å². The van der Waals surface area contributed by atoms with Crippen LogP contribution in [0.25, 0.3) is 5.65 Å². The Morgan fingerprint density at radius 2 is 1.96 bits per heavy atom. The maximum absolute atomic E-state index is 12.5. The summed E-state index contributed by atoms with van der Waals surface area (Å²) in [5, 5.41) is 8.27. The molecule has 0 aliphatic carbocycles. The van der Waals surface area contributed by atoms with Crippen LogP contribution in [0.1, 0.15) is 12.2 Å². The Kier molecular flexibility index (Phi) is 3.86. The SMILES string of the molecule is Cc1nnc2c(N3CCN(C(=O)[C@H]4CCS(=O)(=O)C4)CC3)nccn12. The minimum Gasteiger partial charge on any atom is -0.350 e. The number of aryl methyl sites for hydroxylation is 1. The molecule has 0 radical (unpaired) electrons. The zero-order chi connectivity index (χ0) is 17.6. The fourth-order valence-electron chi connectivity index (χ4n) is 3.54. The van der Waals surface area contributed by atoms with E-state index in [2.05, 4.69) is 20.1 Å². The molecule has 1 amide bonds. The van der Waals surface area contributed by atoms with E-state index in [1.807, 2.05) is 17.5 Å². The Hall–Kier alpha value is -2.23. The predicted molar refractivity (Wildman–Crippen MR) is 91.1 cm³/mol. The molecule has 0 saturated carbocycles. The first-order valence-corrected chi connectivity index (χ1v) is 10.2. The van der Waals surface area contributed by atoms with Crippen LogP contribution in [0.2, 0.25) is 0 Å². The van der Waals surface area contributed by atoms with Crippen molar-refractivity contribution in [2.24, 2.45) is 5.92 Å². The summed E-state index contributed by atoms with van der Waals surface area (Å²) >= 11 is 0. The van der Waals surface area contributed by atoms with Gasteiger partial charge in [-0.1, -0.05) is 0 Å². The van der Waals surface area contributed by atoms with Crippen LogP contribution in [0.3, 0.4) is 0 Å². The third kappa shape index (κ3) is 2.94. The number of carbonyl (C=O) groups excluding carboxylic acids is 1. The first kappa shape index (κ1) is 16.2. The normalized spacial score (nSPS) is 23.3. The molecule has 0 aromatic carbocycles. The topological polar surface area (TPSA) is 101 Å². The van der Waals surface area contributed by atoms with Gasteiger partial charge in [0.25, 0.3) is 0 Å². The molecular weight excluding hydrogens is 344 g/mol. The molecule has 9 nitrogen and oxygen atoms in total. The lowest BCUT2D eigenvalue weighted by atomic mass is 10.1. The Balaban J connectivity index is 1.45. The molecule has 0 spiro atoms. The van der Waals surface area contributed by atoms with Gasteiger partial charge in [-0.15, -0.1) is 10.2 Å². The largest absolute Gasteiger partial charge is 0.350 e. The molecule has 2 fully saturated rings. The number of piperazine rings is 1. The lowest BCUT2D eigenvalue weighted by molar-refractivity contribution is -0.135. The molecule has 4 rings (SSSR count). The van der Waals surface area contributed by atoms with E-state index < -0.39 is 9.84 Å². The highest BCUT2D eigenvalue weighted by molar-refractivity contribution is 7.91. The predicted octanol–water partition coefficient (Wildman–Crippen LogP) is -0.484. The van der Waals surface area contributed by atoms with Crippen molar-refractivity contribution in [1.29, 1.82) is 0 Å². The van der Waals surface area contributed by atoms with Gasteiger partial charge in [-0.05, 0) is 13.3 Å². The maximum Gasteiger partial charge on any atom is 0.226 e. The van der Waals surface area contributed by atoms with Gasteiger partial charge < -0.3 is 9.80 Å². The first-order chi connectivity index (χ1) is 11.9. The third-order valence-corrected chi connectivity index (χ3v) is 6.72. The average molecular weight is 364 g/mol. The van der Waals surface area contributed by atoms with E-state index in [1.54, 1.807) is 11.1 Å². The molecule has 0 bridgehead atoms. The minimum atomic E-state index is -3.04. The monoisotopic (exact) mass is 364 g/mol. The van der Waals surface area contributed by atoms with Crippen molar-refractivity contribution in [3.63, 3.8) is 0 Å². The number of nitrogens with zero attached hydrogens (tertiary/aromatic N) is 6. The Morgan fingerprint density at radius 3 is 2.64 bits per heavy atom. The zero-order valence-electron chi connectivity index (χ0n) is 14.0. The summed E-state index contributed by atoms with van der Waals surface area (Å²) in [6.07, 6.45) is 4.00. The van der Waals surface area contributed by atoms with E-state index in [9.17, 15) is 13.2 Å². The highest BCUT2D eigenvalue weighted by Gasteiger charge is 2.36. The van der Waals surface area contributed by atoms with Crippen molar-refractivity contribution in [3.05, 3.63) is 18.2 Å². The van der Waals surface area contributed by atoms with Crippen LogP contribution in [0, 0.1) is 12.8 Å². The molecule has 1 atom stereocenters. The summed E-state index contributed by atoms with van der Waals surface area (Å²) in [4.78, 5) is 20.8. The van der Waals surface area contributed by atoms with Gasteiger partial charge in [0, 0.05) is 38.6 Å². The third-order valence-electron chi connectivity index (χ3n) is 4.95. The molecule has 0 unspecified atom stereocenters. The van der Waals surface area contributed by atoms with E-state index in [0.717, 1.165) is 11.6 Å². The number of anilines is 1. The second kappa shape index (κ2) is 5.94. The summed E-state index contributed by atoms with van der Waals surface area (Å²) in [7, 11) is -3.04. The van der Waals surface area contributed by atoms with Gasteiger partial charge in [-0.2, -0.15) is 0 Å². The highest BCUT2D eigenvalue weighted by Crippen LogP contribution is 2.23. The van der Waals surface area contributed by atoms with Gasteiger partial charge >= 0.3 is 0 Å². The molecule has 4 heterocycles. The number of carbonyl (C=O) groups is 1. The molecule has 2 aliphatic rings. The number of rotatable bonds is 2. The van der Waals surface area contributed by atoms with Crippen LogP contribution in [-0.4, -0.2) is 76.5 Å². The van der Waals surface area contributed by atoms with Gasteiger partial charge in [0.15, 0.2) is 15.7 Å². The number of hydrogen-bond acceptors (Lipinski definition) is 7. The standard InChI is InChI=1S/C15H20N6O3S/c1-11-17-18-14-13(16-3-4-21(11)14)19-5-7-20(8-6-19)15(22)12-2-9-25(23,24)10-12/h3-4,12H,2,5-10H2,1H3/t12-/m0/s1. The minimum absolute atomic E-state index is 0.00800. The van der Waals surface area contributed by atoms with E-state index in [1.165, 1.54) is 0 Å². The van der Waals surface area contributed by atoms with E-state index in [4.69, 9.17) is 0 Å². The quantitative estimate of drug-likeness (QED) is 0.709. The smallest absolute Gasteiger partial charge is 0.226 e. The Bertz CT molecular complexity index is 916. The van der Waals surface area contributed by atoms with Crippen LogP contribution in [0.4, 0.5) is 5.82 Å². The highest BCUT2D eigenvalue weighted by atomic mass is 32.2. The van der Waals surface area contributed by atoms with Crippen molar-refractivity contribution in [3.8, 4) is 0 Å². The fourth-order valence-corrected chi connectivity index (χ4v) is 5.27. The molecular formula is C15H20N6O3S. The molecule has 25 heavy (non-hydrogen) atoms. The number of sulfone groups is 1. The molecule has 0 N–H and O–H groups in total. The molecule has 2 aromatic rings.